The van der Waals surface area contributed by atoms with Gasteiger partial charge in [0.25, 0.3) is 0 Å². The Morgan fingerprint density at radius 3 is 2.48 bits per heavy atom. The first-order valence-corrected chi connectivity index (χ1v) is 11.5. The Bertz CT molecular complexity index is 914. The van der Waals surface area contributed by atoms with Crippen LogP contribution in [-0.4, -0.2) is 30.6 Å². The SMILES string of the molecule is C=CC[C@@]1(C)CC(c2cccc(Cl)c2)[C@@H](c2ccc(Cl)cc2)N([C@@H](CC)COC)C1=O. The molecule has 0 aliphatic carbocycles. The number of rotatable bonds is 8. The molecule has 31 heavy (non-hydrogen) atoms. The predicted octanol–water partition coefficient (Wildman–Crippen LogP) is 7.06. The van der Waals surface area contributed by atoms with Crippen LogP contribution in [-0.2, 0) is 9.53 Å². The molecule has 5 heteroatoms. The summed E-state index contributed by atoms with van der Waals surface area (Å²) in [6.45, 7) is 8.57. The van der Waals surface area contributed by atoms with Gasteiger partial charge in [0, 0.05) is 23.1 Å². The molecule has 1 amide bonds. The smallest absolute Gasteiger partial charge is 0.229 e. The lowest BCUT2D eigenvalue weighted by Crippen LogP contribution is -2.56. The number of carbonyl (C=O) groups is 1. The van der Waals surface area contributed by atoms with E-state index in [1.54, 1.807) is 7.11 Å². The number of methoxy groups -OCH3 is 1. The molecule has 3 nitrogen and oxygen atoms in total. The summed E-state index contributed by atoms with van der Waals surface area (Å²) in [5.74, 6) is 0.225. The molecule has 2 aromatic rings. The van der Waals surface area contributed by atoms with Crippen LogP contribution in [0.4, 0.5) is 0 Å². The molecule has 2 aromatic carbocycles. The molecule has 166 valence electrons. The fourth-order valence-electron chi connectivity index (χ4n) is 4.88. The van der Waals surface area contributed by atoms with Crippen LogP contribution in [0.25, 0.3) is 0 Å². The van der Waals surface area contributed by atoms with Gasteiger partial charge in [-0.05, 0) is 54.7 Å². The number of piperidine rings is 1. The second-order valence-electron chi connectivity index (χ2n) is 8.65. The molecule has 0 saturated carbocycles. The summed E-state index contributed by atoms with van der Waals surface area (Å²) in [4.78, 5) is 16.0. The lowest BCUT2D eigenvalue weighted by atomic mass is 9.67. The van der Waals surface area contributed by atoms with E-state index in [1.165, 1.54) is 0 Å². The molecule has 1 heterocycles. The van der Waals surface area contributed by atoms with Gasteiger partial charge >= 0.3 is 0 Å². The van der Waals surface area contributed by atoms with Gasteiger partial charge in [0.1, 0.15) is 0 Å². The summed E-state index contributed by atoms with van der Waals surface area (Å²) in [5, 5.41) is 1.38. The molecule has 0 radical (unpaired) electrons. The van der Waals surface area contributed by atoms with Crippen LogP contribution >= 0.6 is 23.2 Å². The third-order valence-corrected chi connectivity index (χ3v) is 6.90. The molecule has 3 rings (SSSR count). The average molecular weight is 460 g/mol. The number of amides is 1. The zero-order valence-corrected chi connectivity index (χ0v) is 20.0. The summed E-state index contributed by atoms with van der Waals surface area (Å²) < 4.78 is 5.53. The van der Waals surface area contributed by atoms with Crippen molar-refractivity contribution in [3.8, 4) is 0 Å². The lowest BCUT2D eigenvalue weighted by Gasteiger charge is -2.52. The number of ether oxygens (including phenoxy) is 1. The average Bonchev–Trinajstić information content (AvgIpc) is 2.75. The predicted molar refractivity (Wildman–Crippen MR) is 129 cm³/mol. The van der Waals surface area contributed by atoms with Crippen molar-refractivity contribution in [3.05, 3.63) is 82.4 Å². The lowest BCUT2D eigenvalue weighted by molar-refractivity contribution is -0.156. The molecular weight excluding hydrogens is 429 g/mol. The van der Waals surface area contributed by atoms with E-state index in [1.807, 2.05) is 48.5 Å². The third kappa shape index (κ3) is 5.00. The standard InChI is InChI=1S/C26H31Cl2NO2/c1-5-14-26(3)16-23(19-8-7-9-21(28)15-19)24(18-10-12-20(27)13-11-18)29(25(26)30)22(6-2)17-31-4/h5,7-13,15,22-24H,1,6,14,16-17H2,2-4H3/t22-,23?,24+,26-/m0/s1. The summed E-state index contributed by atoms with van der Waals surface area (Å²) in [7, 11) is 1.69. The molecule has 0 spiro atoms. The van der Waals surface area contributed by atoms with Crippen molar-refractivity contribution in [2.24, 2.45) is 5.41 Å². The first-order chi connectivity index (χ1) is 14.8. The molecule has 0 N–H and O–H groups in total. The minimum atomic E-state index is -0.543. The number of halogens is 2. The van der Waals surface area contributed by atoms with Gasteiger partial charge in [-0.2, -0.15) is 0 Å². The maximum atomic E-state index is 14.0. The monoisotopic (exact) mass is 459 g/mol. The highest BCUT2D eigenvalue weighted by Gasteiger charge is 2.50. The summed E-state index contributed by atoms with van der Waals surface area (Å²) >= 11 is 12.6. The highest BCUT2D eigenvalue weighted by molar-refractivity contribution is 6.30. The van der Waals surface area contributed by atoms with Gasteiger partial charge in [-0.3, -0.25) is 4.79 Å². The van der Waals surface area contributed by atoms with E-state index < -0.39 is 5.41 Å². The molecule has 1 saturated heterocycles. The van der Waals surface area contributed by atoms with Gasteiger partial charge < -0.3 is 9.64 Å². The van der Waals surface area contributed by atoms with E-state index in [-0.39, 0.29) is 23.9 Å². The number of carbonyl (C=O) groups excluding carboxylic acids is 1. The van der Waals surface area contributed by atoms with Crippen LogP contribution in [0.2, 0.25) is 10.0 Å². The highest BCUT2D eigenvalue weighted by atomic mass is 35.5. The van der Waals surface area contributed by atoms with Gasteiger partial charge in [0.05, 0.1) is 24.1 Å². The van der Waals surface area contributed by atoms with E-state index in [2.05, 4.69) is 31.4 Å². The fraction of sp³-hybridized carbons (Fsp3) is 0.423. The van der Waals surface area contributed by atoms with Crippen molar-refractivity contribution >= 4 is 29.1 Å². The number of allylic oxidation sites excluding steroid dienone is 1. The number of likely N-dealkylation sites (tertiary alicyclic amines) is 1. The zero-order chi connectivity index (χ0) is 22.6. The largest absolute Gasteiger partial charge is 0.383 e. The van der Waals surface area contributed by atoms with Crippen molar-refractivity contribution in [3.63, 3.8) is 0 Å². The van der Waals surface area contributed by atoms with E-state index in [0.717, 1.165) is 17.5 Å². The second kappa shape index (κ2) is 10.2. The van der Waals surface area contributed by atoms with Crippen molar-refractivity contribution < 1.29 is 9.53 Å². The van der Waals surface area contributed by atoms with Crippen molar-refractivity contribution in [2.75, 3.05) is 13.7 Å². The number of hydrogen-bond donors (Lipinski definition) is 0. The molecule has 1 unspecified atom stereocenters. The van der Waals surface area contributed by atoms with Crippen LogP contribution < -0.4 is 0 Å². The minimum Gasteiger partial charge on any atom is -0.383 e. The van der Waals surface area contributed by atoms with Crippen molar-refractivity contribution in [1.82, 2.24) is 4.90 Å². The Labute approximate surface area is 196 Å². The summed E-state index contributed by atoms with van der Waals surface area (Å²) in [6.07, 6.45) is 3.99. The summed E-state index contributed by atoms with van der Waals surface area (Å²) in [6, 6.07) is 15.7. The quantitative estimate of drug-likeness (QED) is 0.395. The van der Waals surface area contributed by atoms with Gasteiger partial charge in [0.15, 0.2) is 0 Å². The van der Waals surface area contributed by atoms with Gasteiger partial charge in [-0.25, -0.2) is 0 Å². The second-order valence-corrected chi connectivity index (χ2v) is 9.52. The first kappa shape index (κ1) is 23.8. The van der Waals surface area contributed by atoms with Crippen molar-refractivity contribution in [2.45, 2.75) is 51.1 Å². The molecule has 0 bridgehead atoms. The van der Waals surface area contributed by atoms with E-state index in [4.69, 9.17) is 27.9 Å². The highest BCUT2D eigenvalue weighted by Crippen LogP contribution is 2.52. The molecule has 4 atom stereocenters. The topological polar surface area (TPSA) is 29.5 Å². The van der Waals surface area contributed by atoms with Crippen LogP contribution in [0.15, 0.2) is 61.2 Å². The Balaban J connectivity index is 2.21. The third-order valence-electron chi connectivity index (χ3n) is 6.41. The number of hydrogen-bond acceptors (Lipinski definition) is 2. The fourth-order valence-corrected chi connectivity index (χ4v) is 5.20. The van der Waals surface area contributed by atoms with Gasteiger partial charge in [-0.15, -0.1) is 6.58 Å². The zero-order valence-electron chi connectivity index (χ0n) is 18.5. The number of benzene rings is 2. The molecule has 1 fully saturated rings. The van der Waals surface area contributed by atoms with Crippen molar-refractivity contribution in [1.29, 1.82) is 0 Å². The normalized spacial score (nSPS) is 24.8. The summed E-state index contributed by atoms with van der Waals surface area (Å²) in [5.41, 5.74) is 1.66. The molecular formula is C26H31Cl2NO2. The molecule has 0 aromatic heterocycles. The van der Waals surface area contributed by atoms with Crippen LogP contribution in [0.1, 0.15) is 56.2 Å². The van der Waals surface area contributed by atoms with Crippen LogP contribution in [0, 0.1) is 5.41 Å². The first-order valence-electron chi connectivity index (χ1n) is 10.8. The number of nitrogens with zero attached hydrogens (tertiary/aromatic N) is 1. The van der Waals surface area contributed by atoms with E-state index in [9.17, 15) is 4.79 Å². The van der Waals surface area contributed by atoms with Crippen LogP contribution in [0.5, 0.6) is 0 Å². The van der Waals surface area contributed by atoms with E-state index >= 15 is 0 Å². The Hall–Kier alpha value is -1.81. The van der Waals surface area contributed by atoms with Gasteiger partial charge in [0.2, 0.25) is 5.91 Å². The van der Waals surface area contributed by atoms with Gasteiger partial charge in [-0.1, -0.05) is 67.4 Å². The Kier molecular flexibility index (Phi) is 7.85. The molecule has 1 aliphatic rings. The van der Waals surface area contributed by atoms with E-state index in [0.29, 0.717) is 29.5 Å². The molecule has 1 aliphatic heterocycles. The maximum absolute atomic E-state index is 14.0. The Morgan fingerprint density at radius 2 is 1.90 bits per heavy atom. The Morgan fingerprint density at radius 1 is 1.19 bits per heavy atom. The maximum Gasteiger partial charge on any atom is 0.229 e. The van der Waals surface area contributed by atoms with Crippen LogP contribution in [0.3, 0.4) is 0 Å². The minimum absolute atomic E-state index is 0.0377.